The van der Waals surface area contributed by atoms with Crippen LogP contribution in [0.25, 0.3) is 0 Å². The van der Waals surface area contributed by atoms with Gasteiger partial charge in [0.1, 0.15) is 18.0 Å². The van der Waals surface area contributed by atoms with Gasteiger partial charge in [-0.05, 0) is 37.8 Å². The van der Waals surface area contributed by atoms with Gasteiger partial charge in [-0.3, -0.25) is 9.10 Å². The van der Waals surface area contributed by atoms with Gasteiger partial charge in [-0.2, -0.15) is 0 Å². The van der Waals surface area contributed by atoms with E-state index >= 15 is 0 Å². The lowest BCUT2D eigenvalue weighted by Gasteiger charge is -2.36. The smallest absolute Gasteiger partial charge is 0.243 e. The molecule has 0 N–H and O–H groups in total. The summed E-state index contributed by atoms with van der Waals surface area (Å²) in [7, 11) is -0.685. The number of rotatable bonds is 7. The van der Waals surface area contributed by atoms with Crippen LogP contribution in [0.3, 0.4) is 0 Å². The molecule has 0 radical (unpaired) electrons. The predicted molar refractivity (Wildman–Crippen MR) is 101 cm³/mol. The van der Waals surface area contributed by atoms with E-state index in [-0.39, 0.29) is 18.5 Å². The molecule has 1 heterocycles. The van der Waals surface area contributed by atoms with Gasteiger partial charge < -0.3 is 14.4 Å². The van der Waals surface area contributed by atoms with Crippen molar-refractivity contribution in [1.82, 2.24) is 4.90 Å². The fourth-order valence-corrected chi connectivity index (χ4v) is 4.19. The average Bonchev–Trinajstić information content (AvgIpc) is 2.64. The highest BCUT2D eigenvalue weighted by Gasteiger charge is 2.30. The van der Waals surface area contributed by atoms with Gasteiger partial charge in [0.15, 0.2) is 0 Å². The lowest BCUT2D eigenvalue weighted by Crippen LogP contribution is -2.49. The van der Waals surface area contributed by atoms with Gasteiger partial charge in [0.2, 0.25) is 15.9 Å². The number of amides is 1. The Bertz CT molecular complexity index is 735. The normalized spacial score (nSPS) is 17.7. The second kappa shape index (κ2) is 8.62. The summed E-state index contributed by atoms with van der Waals surface area (Å²) in [6, 6.07) is 5.03. The number of ether oxygens (including phenoxy) is 2. The van der Waals surface area contributed by atoms with Crippen LogP contribution in [-0.4, -0.2) is 58.8 Å². The molecule has 1 aromatic rings. The Labute approximate surface area is 155 Å². The molecule has 146 valence electrons. The van der Waals surface area contributed by atoms with E-state index in [1.54, 1.807) is 18.2 Å². The van der Waals surface area contributed by atoms with Crippen LogP contribution in [0.1, 0.15) is 32.6 Å². The number of piperidine rings is 1. The van der Waals surface area contributed by atoms with E-state index in [0.717, 1.165) is 36.2 Å². The fraction of sp³-hybridized carbons (Fsp3) is 0.611. The summed E-state index contributed by atoms with van der Waals surface area (Å²) in [5.41, 5.74) is 0.328. The van der Waals surface area contributed by atoms with Gasteiger partial charge >= 0.3 is 0 Å². The average molecular weight is 384 g/mol. The fourth-order valence-electron chi connectivity index (χ4n) is 3.34. The Morgan fingerprint density at radius 2 is 2.00 bits per heavy atom. The first kappa shape index (κ1) is 20.4. The molecule has 0 aromatic heterocycles. The molecule has 1 aliphatic rings. The van der Waals surface area contributed by atoms with Crippen molar-refractivity contribution in [3.63, 3.8) is 0 Å². The number of benzene rings is 1. The topological polar surface area (TPSA) is 76.2 Å². The van der Waals surface area contributed by atoms with Crippen molar-refractivity contribution in [1.29, 1.82) is 0 Å². The standard InChI is InChI=1S/C18H28N2O5S/c1-5-14-8-6-7-11-19(14)18(21)13-20(26(4,22)23)16-10-9-15(24-2)12-17(16)25-3/h9-10,12,14H,5-8,11,13H2,1-4H3. The number of carbonyl (C=O) groups excluding carboxylic acids is 1. The zero-order valence-corrected chi connectivity index (χ0v) is 16.7. The second-order valence-corrected chi connectivity index (χ2v) is 8.36. The van der Waals surface area contributed by atoms with E-state index in [2.05, 4.69) is 6.92 Å². The van der Waals surface area contributed by atoms with Crippen LogP contribution in [0, 0.1) is 0 Å². The molecule has 1 unspecified atom stereocenters. The van der Waals surface area contributed by atoms with Gasteiger partial charge in [0.05, 0.1) is 26.2 Å². The lowest BCUT2D eigenvalue weighted by atomic mass is 10.00. The van der Waals surface area contributed by atoms with E-state index in [1.165, 1.54) is 14.2 Å². The van der Waals surface area contributed by atoms with Gasteiger partial charge in [-0.15, -0.1) is 0 Å². The van der Waals surface area contributed by atoms with Crippen LogP contribution in [0.4, 0.5) is 5.69 Å². The molecule has 1 atom stereocenters. The van der Waals surface area contributed by atoms with Crippen molar-refractivity contribution in [3.8, 4) is 11.5 Å². The maximum Gasteiger partial charge on any atom is 0.243 e. The van der Waals surface area contributed by atoms with Crippen molar-refractivity contribution >= 4 is 21.6 Å². The number of carbonyl (C=O) groups is 1. The number of hydrogen-bond acceptors (Lipinski definition) is 5. The summed E-state index contributed by atoms with van der Waals surface area (Å²) >= 11 is 0. The number of likely N-dealkylation sites (tertiary alicyclic amines) is 1. The van der Waals surface area contributed by atoms with Crippen molar-refractivity contribution < 1.29 is 22.7 Å². The van der Waals surface area contributed by atoms with E-state index in [0.29, 0.717) is 23.7 Å². The van der Waals surface area contributed by atoms with E-state index < -0.39 is 10.0 Å². The maximum atomic E-state index is 12.9. The minimum atomic E-state index is -3.66. The van der Waals surface area contributed by atoms with Crippen molar-refractivity contribution in [3.05, 3.63) is 18.2 Å². The highest BCUT2D eigenvalue weighted by molar-refractivity contribution is 7.92. The van der Waals surface area contributed by atoms with Crippen molar-refractivity contribution in [2.45, 2.75) is 38.6 Å². The number of sulfonamides is 1. The van der Waals surface area contributed by atoms with Gasteiger partial charge in [0.25, 0.3) is 0 Å². The quantitative estimate of drug-likeness (QED) is 0.721. The summed E-state index contributed by atoms with van der Waals surface area (Å²) in [6.07, 6.45) is 4.98. The van der Waals surface area contributed by atoms with E-state index in [4.69, 9.17) is 9.47 Å². The molecule has 1 saturated heterocycles. The van der Waals surface area contributed by atoms with Crippen LogP contribution < -0.4 is 13.8 Å². The summed E-state index contributed by atoms with van der Waals surface area (Å²) in [5.74, 6) is 0.709. The lowest BCUT2D eigenvalue weighted by molar-refractivity contribution is -0.133. The SMILES string of the molecule is CCC1CCCCN1C(=O)CN(c1ccc(OC)cc1OC)S(C)(=O)=O. The Hall–Kier alpha value is -1.96. The molecule has 1 aromatic carbocycles. The van der Waals surface area contributed by atoms with E-state index in [9.17, 15) is 13.2 Å². The van der Waals surface area contributed by atoms with Gasteiger partial charge in [0, 0.05) is 18.7 Å². The predicted octanol–water partition coefficient (Wildman–Crippen LogP) is 2.26. The minimum absolute atomic E-state index is 0.176. The molecule has 8 heteroatoms. The van der Waals surface area contributed by atoms with Gasteiger partial charge in [-0.1, -0.05) is 6.92 Å². The molecule has 1 fully saturated rings. The zero-order chi connectivity index (χ0) is 19.3. The molecule has 0 saturated carbocycles. The Balaban J connectivity index is 2.33. The first-order chi connectivity index (χ1) is 12.3. The minimum Gasteiger partial charge on any atom is -0.497 e. The first-order valence-corrected chi connectivity index (χ1v) is 10.7. The Morgan fingerprint density at radius 1 is 1.27 bits per heavy atom. The molecule has 0 aliphatic carbocycles. The molecule has 0 spiro atoms. The molecular formula is C18H28N2O5S. The summed E-state index contributed by atoms with van der Waals surface area (Å²) in [4.78, 5) is 14.7. The number of hydrogen-bond donors (Lipinski definition) is 0. The summed E-state index contributed by atoms with van der Waals surface area (Å²) < 4.78 is 36.4. The number of anilines is 1. The molecular weight excluding hydrogens is 356 g/mol. The molecule has 2 rings (SSSR count). The highest BCUT2D eigenvalue weighted by atomic mass is 32.2. The molecule has 26 heavy (non-hydrogen) atoms. The third-order valence-electron chi connectivity index (χ3n) is 4.75. The number of methoxy groups -OCH3 is 2. The van der Waals surface area contributed by atoms with Crippen LogP contribution in [-0.2, 0) is 14.8 Å². The van der Waals surface area contributed by atoms with Crippen LogP contribution in [0.15, 0.2) is 18.2 Å². The Kier molecular flexibility index (Phi) is 6.75. The van der Waals surface area contributed by atoms with E-state index in [1.807, 2.05) is 4.90 Å². The molecule has 0 bridgehead atoms. The summed E-state index contributed by atoms with van der Waals surface area (Å²) in [5, 5.41) is 0. The first-order valence-electron chi connectivity index (χ1n) is 8.81. The monoisotopic (exact) mass is 384 g/mol. The third-order valence-corrected chi connectivity index (χ3v) is 5.88. The van der Waals surface area contributed by atoms with Crippen LogP contribution >= 0.6 is 0 Å². The maximum absolute atomic E-state index is 12.9. The zero-order valence-electron chi connectivity index (χ0n) is 15.9. The van der Waals surface area contributed by atoms with Crippen LogP contribution in [0.2, 0.25) is 0 Å². The molecule has 7 nitrogen and oxygen atoms in total. The van der Waals surface area contributed by atoms with Crippen molar-refractivity contribution in [2.24, 2.45) is 0 Å². The number of nitrogens with zero attached hydrogens (tertiary/aromatic N) is 2. The highest BCUT2D eigenvalue weighted by Crippen LogP contribution is 2.33. The van der Waals surface area contributed by atoms with Crippen molar-refractivity contribution in [2.75, 3.05) is 37.9 Å². The second-order valence-electron chi connectivity index (χ2n) is 6.45. The molecule has 1 amide bonds. The van der Waals surface area contributed by atoms with Crippen LogP contribution in [0.5, 0.6) is 11.5 Å². The van der Waals surface area contributed by atoms with Gasteiger partial charge in [-0.25, -0.2) is 8.42 Å². The third kappa shape index (κ3) is 4.60. The summed E-state index contributed by atoms with van der Waals surface area (Å²) in [6.45, 7) is 2.49. The Morgan fingerprint density at radius 3 is 2.58 bits per heavy atom. The largest absolute Gasteiger partial charge is 0.497 e. The molecule has 1 aliphatic heterocycles.